The number of nitro groups is 1. The number of rotatable bonds is 8. The zero-order valence-electron chi connectivity index (χ0n) is 11.8. The molecule has 0 unspecified atom stereocenters. The van der Waals surface area contributed by atoms with Gasteiger partial charge in [-0.15, -0.1) is 0 Å². The second kappa shape index (κ2) is 7.68. The zero-order valence-corrected chi connectivity index (χ0v) is 11.8. The van der Waals surface area contributed by atoms with E-state index in [4.69, 9.17) is 0 Å². The Labute approximate surface area is 114 Å². The van der Waals surface area contributed by atoms with Gasteiger partial charge < -0.3 is 10.2 Å². The van der Waals surface area contributed by atoms with Gasteiger partial charge in [0, 0.05) is 24.8 Å². The molecule has 6 nitrogen and oxygen atoms in total. The Morgan fingerprint density at radius 1 is 1.47 bits per heavy atom. The normalized spacial score (nSPS) is 11.0. The van der Waals surface area contributed by atoms with Gasteiger partial charge in [-0.1, -0.05) is 0 Å². The van der Waals surface area contributed by atoms with Gasteiger partial charge in [0.15, 0.2) is 0 Å². The van der Waals surface area contributed by atoms with Crippen LogP contribution in [0.3, 0.4) is 0 Å². The third kappa shape index (κ3) is 5.21. The molecule has 1 N–H and O–H groups in total. The minimum Gasteiger partial charge on any atom is -0.364 e. The number of hydrogen-bond donors (Lipinski definition) is 1. The number of aromatic nitrogens is 1. The fourth-order valence-electron chi connectivity index (χ4n) is 1.63. The fourth-order valence-corrected chi connectivity index (χ4v) is 1.63. The van der Waals surface area contributed by atoms with E-state index in [1.54, 1.807) is 12.3 Å². The molecule has 1 rings (SSSR count). The molecule has 1 aromatic rings. The van der Waals surface area contributed by atoms with E-state index in [0.29, 0.717) is 18.4 Å². The van der Waals surface area contributed by atoms with Crippen LogP contribution in [0.15, 0.2) is 18.3 Å². The van der Waals surface area contributed by atoms with Gasteiger partial charge in [0.05, 0.1) is 4.92 Å². The lowest BCUT2D eigenvalue weighted by Crippen LogP contribution is -2.27. The van der Waals surface area contributed by atoms with Gasteiger partial charge in [-0.3, -0.25) is 10.1 Å². The molecule has 0 saturated carbocycles. The zero-order chi connectivity index (χ0) is 14.3. The van der Waals surface area contributed by atoms with Crippen molar-refractivity contribution in [3.05, 3.63) is 28.4 Å². The molecule has 1 heterocycles. The van der Waals surface area contributed by atoms with E-state index in [1.807, 2.05) is 0 Å². The number of hydrogen-bond acceptors (Lipinski definition) is 5. The molecule has 0 aliphatic carbocycles. The van der Waals surface area contributed by atoms with Gasteiger partial charge >= 0.3 is 5.69 Å². The topological polar surface area (TPSA) is 71.3 Å². The van der Waals surface area contributed by atoms with Crippen LogP contribution in [0.4, 0.5) is 11.5 Å². The van der Waals surface area contributed by atoms with Crippen LogP contribution in [0.1, 0.15) is 26.7 Å². The predicted molar refractivity (Wildman–Crippen MR) is 76.4 cm³/mol. The molecule has 0 aromatic carbocycles. The smallest absolute Gasteiger partial charge is 0.311 e. The third-order valence-electron chi connectivity index (χ3n) is 3.09. The first-order valence-electron chi connectivity index (χ1n) is 6.56. The quantitative estimate of drug-likeness (QED) is 0.445. The van der Waals surface area contributed by atoms with Crippen molar-refractivity contribution in [1.82, 2.24) is 9.88 Å². The molecule has 0 amide bonds. The predicted octanol–water partition coefficient (Wildman–Crippen LogP) is 2.52. The Balaban J connectivity index is 2.32. The molecule has 0 fully saturated rings. The van der Waals surface area contributed by atoms with Crippen molar-refractivity contribution in [2.75, 3.05) is 25.5 Å². The SMILES string of the molecule is CC(C)N(C)CCCCNc1ncccc1[N+](=O)[O-]. The van der Waals surface area contributed by atoms with Gasteiger partial charge in [0.1, 0.15) is 0 Å². The highest BCUT2D eigenvalue weighted by Crippen LogP contribution is 2.19. The monoisotopic (exact) mass is 266 g/mol. The lowest BCUT2D eigenvalue weighted by molar-refractivity contribution is -0.384. The first-order valence-corrected chi connectivity index (χ1v) is 6.56. The van der Waals surface area contributed by atoms with Crippen LogP contribution in [0, 0.1) is 10.1 Å². The summed E-state index contributed by atoms with van der Waals surface area (Å²) in [7, 11) is 2.10. The van der Waals surface area contributed by atoms with Crippen LogP contribution in [-0.2, 0) is 0 Å². The highest BCUT2D eigenvalue weighted by Gasteiger charge is 2.12. The molecule has 0 atom stereocenters. The van der Waals surface area contributed by atoms with E-state index in [0.717, 1.165) is 19.4 Å². The number of unbranched alkanes of at least 4 members (excludes halogenated alkanes) is 1. The maximum atomic E-state index is 10.8. The Kier molecular flexibility index (Phi) is 6.21. The van der Waals surface area contributed by atoms with Gasteiger partial charge in [-0.2, -0.15) is 0 Å². The van der Waals surface area contributed by atoms with Crippen LogP contribution in [0.25, 0.3) is 0 Å². The average molecular weight is 266 g/mol. The summed E-state index contributed by atoms with van der Waals surface area (Å²) in [5.74, 6) is 0.352. The van der Waals surface area contributed by atoms with Crippen molar-refractivity contribution < 1.29 is 4.92 Å². The first kappa shape index (κ1) is 15.4. The van der Waals surface area contributed by atoms with Crippen LogP contribution in [-0.4, -0.2) is 41.0 Å². The lowest BCUT2D eigenvalue weighted by Gasteiger charge is -2.20. The molecular weight excluding hydrogens is 244 g/mol. The van der Waals surface area contributed by atoms with E-state index in [9.17, 15) is 10.1 Å². The number of anilines is 1. The van der Waals surface area contributed by atoms with E-state index < -0.39 is 4.92 Å². The molecule has 6 heteroatoms. The summed E-state index contributed by atoms with van der Waals surface area (Å²) >= 11 is 0. The number of nitrogens with zero attached hydrogens (tertiary/aromatic N) is 3. The Bertz CT molecular complexity index is 409. The van der Waals surface area contributed by atoms with Crippen LogP contribution in [0.5, 0.6) is 0 Å². The van der Waals surface area contributed by atoms with Gasteiger partial charge in [0.25, 0.3) is 0 Å². The summed E-state index contributed by atoms with van der Waals surface area (Å²) in [5, 5.41) is 13.8. The largest absolute Gasteiger partial charge is 0.364 e. The maximum absolute atomic E-state index is 10.8. The molecule has 0 saturated heterocycles. The fraction of sp³-hybridized carbons (Fsp3) is 0.615. The Morgan fingerprint density at radius 3 is 2.84 bits per heavy atom. The molecule has 1 aromatic heterocycles. The highest BCUT2D eigenvalue weighted by molar-refractivity contribution is 5.54. The van der Waals surface area contributed by atoms with Crippen molar-refractivity contribution >= 4 is 11.5 Å². The molecule has 106 valence electrons. The molecule has 0 radical (unpaired) electrons. The lowest BCUT2D eigenvalue weighted by atomic mass is 10.2. The molecule has 0 aliphatic rings. The third-order valence-corrected chi connectivity index (χ3v) is 3.09. The summed E-state index contributed by atoms with van der Waals surface area (Å²) < 4.78 is 0. The molecule has 19 heavy (non-hydrogen) atoms. The van der Waals surface area contributed by atoms with Gasteiger partial charge in [0.2, 0.25) is 5.82 Å². The minimum atomic E-state index is -0.415. The van der Waals surface area contributed by atoms with Gasteiger partial charge in [-0.25, -0.2) is 4.98 Å². The van der Waals surface area contributed by atoms with Crippen molar-refractivity contribution in [2.24, 2.45) is 0 Å². The highest BCUT2D eigenvalue weighted by atomic mass is 16.6. The molecule has 0 spiro atoms. The van der Waals surface area contributed by atoms with Crippen molar-refractivity contribution in [1.29, 1.82) is 0 Å². The number of pyridine rings is 1. The summed E-state index contributed by atoms with van der Waals surface area (Å²) in [6, 6.07) is 3.58. The van der Waals surface area contributed by atoms with E-state index in [1.165, 1.54) is 6.07 Å². The van der Waals surface area contributed by atoms with Crippen LogP contribution >= 0.6 is 0 Å². The van der Waals surface area contributed by atoms with E-state index in [2.05, 4.69) is 36.1 Å². The van der Waals surface area contributed by atoms with Crippen LogP contribution in [0.2, 0.25) is 0 Å². The standard InChI is InChI=1S/C13H22N4O2/c1-11(2)16(3)10-5-4-8-14-13-12(17(18)19)7-6-9-15-13/h6-7,9,11H,4-5,8,10H2,1-3H3,(H,14,15). The van der Waals surface area contributed by atoms with Crippen molar-refractivity contribution in [3.63, 3.8) is 0 Å². The van der Waals surface area contributed by atoms with E-state index >= 15 is 0 Å². The van der Waals surface area contributed by atoms with Crippen molar-refractivity contribution in [2.45, 2.75) is 32.7 Å². The second-order valence-corrected chi connectivity index (χ2v) is 4.84. The summed E-state index contributed by atoms with van der Waals surface area (Å²) in [6.45, 7) is 6.05. The average Bonchev–Trinajstić information content (AvgIpc) is 2.38. The Hall–Kier alpha value is -1.69. The van der Waals surface area contributed by atoms with Gasteiger partial charge in [-0.05, 0) is 46.3 Å². The first-order chi connectivity index (χ1) is 9.02. The minimum absolute atomic E-state index is 0.0294. The number of nitrogens with one attached hydrogen (secondary N) is 1. The summed E-state index contributed by atoms with van der Waals surface area (Å²) in [6.07, 6.45) is 3.58. The maximum Gasteiger partial charge on any atom is 0.311 e. The molecular formula is C13H22N4O2. The van der Waals surface area contributed by atoms with Crippen LogP contribution < -0.4 is 5.32 Å². The molecule has 0 bridgehead atoms. The molecule has 0 aliphatic heterocycles. The Morgan fingerprint density at radius 2 is 2.21 bits per heavy atom. The van der Waals surface area contributed by atoms with Crippen molar-refractivity contribution in [3.8, 4) is 0 Å². The van der Waals surface area contributed by atoms with E-state index in [-0.39, 0.29) is 5.69 Å². The summed E-state index contributed by atoms with van der Waals surface area (Å²) in [4.78, 5) is 16.7. The summed E-state index contributed by atoms with van der Waals surface area (Å²) in [5.41, 5.74) is 0.0294. The second-order valence-electron chi connectivity index (χ2n) is 4.84.